The number of carbonyl (C=O) groups is 1. The van der Waals surface area contributed by atoms with Gasteiger partial charge in [0.1, 0.15) is 5.69 Å². The van der Waals surface area contributed by atoms with Gasteiger partial charge in [0.25, 0.3) is 5.91 Å². The van der Waals surface area contributed by atoms with Crippen LogP contribution in [0.15, 0.2) is 12.3 Å². The van der Waals surface area contributed by atoms with Gasteiger partial charge in [-0.05, 0) is 6.07 Å². The molecule has 0 saturated carbocycles. The molecule has 0 bridgehead atoms. The third-order valence-electron chi connectivity index (χ3n) is 1.97. The summed E-state index contributed by atoms with van der Waals surface area (Å²) in [5, 5.41) is 6.32. The molecule has 0 aliphatic rings. The van der Waals surface area contributed by atoms with Gasteiger partial charge in [0.05, 0.1) is 6.61 Å². The Bertz CT molecular complexity index is 299. The Morgan fingerprint density at radius 1 is 1.80 bits per heavy atom. The quantitative estimate of drug-likeness (QED) is 0.686. The van der Waals surface area contributed by atoms with Crippen molar-refractivity contribution in [3.63, 3.8) is 0 Å². The zero-order valence-electron chi connectivity index (χ0n) is 8.93. The minimum atomic E-state index is -0.174. The summed E-state index contributed by atoms with van der Waals surface area (Å²) in [5.74, 6) is -0.126. The zero-order valence-corrected chi connectivity index (χ0v) is 8.93. The van der Waals surface area contributed by atoms with Crippen LogP contribution in [-0.2, 0) is 4.74 Å². The summed E-state index contributed by atoms with van der Waals surface area (Å²) < 4.78 is 4.89. The van der Waals surface area contributed by atoms with E-state index in [1.165, 1.54) is 11.1 Å². The molecule has 1 amide bonds. The molecule has 1 unspecified atom stereocenters. The van der Waals surface area contributed by atoms with E-state index in [4.69, 9.17) is 10.5 Å². The summed E-state index contributed by atoms with van der Waals surface area (Å²) >= 11 is 0. The van der Waals surface area contributed by atoms with Crippen LogP contribution in [-0.4, -0.2) is 54.4 Å². The van der Waals surface area contributed by atoms with Crippen LogP contribution in [0.3, 0.4) is 0 Å². The number of amides is 1. The number of nitrogens with zero attached hydrogens (tertiary/aromatic N) is 2. The fourth-order valence-electron chi connectivity index (χ4n) is 1.28. The van der Waals surface area contributed by atoms with Gasteiger partial charge in [0.2, 0.25) is 0 Å². The van der Waals surface area contributed by atoms with Gasteiger partial charge >= 0.3 is 0 Å². The highest BCUT2D eigenvalue weighted by Crippen LogP contribution is 1.98. The fourth-order valence-corrected chi connectivity index (χ4v) is 1.28. The van der Waals surface area contributed by atoms with Crippen molar-refractivity contribution in [3.05, 3.63) is 18.0 Å². The Balaban J connectivity index is 2.47. The summed E-state index contributed by atoms with van der Waals surface area (Å²) in [6.07, 6.45) is 1.54. The van der Waals surface area contributed by atoms with E-state index in [0.29, 0.717) is 18.8 Å². The van der Waals surface area contributed by atoms with Crippen molar-refractivity contribution < 1.29 is 9.53 Å². The first-order chi connectivity index (χ1) is 7.15. The highest BCUT2D eigenvalue weighted by molar-refractivity contribution is 5.91. The average Bonchev–Trinajstić information content (AvgIpc) is 2.69. The molecule has 0 aromatic carbocycles. The Morgan fingerprint density at radius 2 is 2.53 bits per heavy atom. The number of methoxy groups -OCH3 is 1. The Hall–Kier alpha value is -1.40. The van der Waals surface area contributed by atoms with Crippen LogP contribution < -0.4 is 5.73 Å². The van der Waals surface area contributed by atoms with Crippen LogP contribution in [0.1, 0.15) is 10.5 Å². The van der Waals surface area contributed by atoms with Crippen molar-refractivity contribution in [2.24, 2.45) is 5.73 Å². The number of carbonyl (C=O) groups excluding carboxylic acids is 1. The molecule has 0 spiro atoms. The molecule has 15 heavy (non-hydrogen) atoms. The molecular formula is C9H16N4O2. The molecular weight excluding hydrogens is 196 g/mol. The SMILES string of the molecule is COCC(N)CN(C)C(=O)c1ccn[nH]1. The van der Waals surface area contributed by atoms with Crippen molar-refractivity contribution in [1.82, 2.24) is 15.1 Å². The van der Waals surface area contributed by atoms with Gasteiger partial charge in [0, 0.05) is 32.9 Å². The predicted molar refractivity (Wildman–Crippen MR) is 55.4 cm³/mol. The number of likely N-dealkylation sites (N-methyl/N-ethyl adjacent to an activating group) is 1. The first kappa shape index (κ1) is 11.7. The minimum Gasteiger partial charge on any atom is -0.383 e. The number of hydrogen-bond donors (Lipinski definition) is 2. The number of nitrogens with two attached hydrogens (primary N) is 1. The van der Waals surface area contributed by atoms with E-state index in [0.717, 1.165) is 0 Å². The first-order valence-electron chi connectivity index (χ1n) is 4.64. The largest absolute Gasteiger partial charge is 0.383 e. The van der Waals surface area contributed by atoms with E-state index in [2.05, 4.69) is 10.2 Å². The fraction of sp³-hybridized carbons (Fsp3) is 0.556. The van der Waals surface area contributed by atoms with Crippen LogP contribution in [0.2, 0.25) is 0 Å². The number of aromatic nitrogens is 2. The molecule has 0 fully saturated rings. The van der Waals surface area contributed by atoms with Gasteiger partial charge in [-0.3, -0.25) is 9.89 Å². The number of ether oxygens (including phenoxy) is 1. The van der Waals surface area contributed by atoms with E-state index in [9.17, 15) is 4.79 Å². The first-order valence-corrected chi connectivity index (χ1v) is 4.64. The van der Waals surface area contributed by atoms with Gasteiger partial charge in [0.15, 0.2) is 0 Å². The lowest BCUT2D eigenvalue weighted by molar-refractivity contribution is 0.0759. The van der Waals surface area contributed by atoms with Crippen LogP contribution in [0, 0.1) is 0 Å². The molecule has 1 rings (SSSR count). The zero-order chi connectivity index (χ0) is 11.3. The van der Waals surface area contributed by atoms with Crippen molar-refractivity contribution in [2.75, 3.05) is 27.3 Å². The summed E-state index contributed by atoms with van der Waals surface area (Å²) in [6.45, 7) is 0.881. The van der Waals surface area contributed by atoms with Crippen LogP contribution in [0.5, 0.6) is 0 Å². The Morgan fingerprint density at radius 3 is 3.07 bits per heavy atom. The average molecular weight is 212 g/mol. The maximum Gasteiger partial charge on any atom is 0.271 e. The molecule has 84 valence electrons. The maximum absolute atomic E-state index is 11.7. The van der Waals surface area contributed by atoms with Crippen molar-refractivity contribution >= 4 is 5.91 Å². The summed E-state index contributed by atoms with van der Waals surface area (Å²) in [5.41, 5.74) is 6.19. The Kier molecular flexibility index (Phi) is 4.26. The Labute approximate surface area is 88.4 Å². The molecule has 0 aliphatic carbocycles. The van der Waals surface area contributed by atoms with E-state index in [1.54, 1.807) is 20.2 Å². The van der Waals surface area contributed by atoms with Crippen molar-refractivity contribution in [3.8, 4) is 0 Å². The van der Waals surface area contributed by atoms with Crippen molar-refractivity contribution in [2.45, 2.75) is 6.04 Å². The second kappa shape index (κ2) is 5.47. The lowest BCUT2D eigenvalue weighted by Gasteiger charge is -2.20. The molecule has 1 aromatic heterocycles. The van der Waals surface area contributed by atoms with Gasteiger partial charge in [-0.2, -0.15) is 5.10 Å². The lowest BCUT2D eigenvalue weighted by atomic mass is 10.3. The molecule has 6 nitrogen and oxygen atoms in total. The van der Waals surface area contributed by atoms with Crippen LogP contribution in [0.25, 0.3) is 0 Å². The molecule has 0 saturated heterocycles. The molecule has 1 heterocycles. The summed E-state index contributed by atoms with van der Waals surface area (Å²) in [4.78, 5) is 13.2. The standard InChI is InChI=1S/C9H16N4O2/c1-13(5-7(10)6-15-2)9(14)8-3-4-11-12-8/h3-4,7H,5-6,10H2,1-2H3,(H,11,12). The number of rotatable bonds is 5. The second-order valence-electron chi connectivity index (χ2n) is 3.37. The van der Waals surface area contributed by atoms with E-state index in [-0.39, 0.29) is 11.9 Å². The molecule has 1 aromatic rings. The molecule has 1 atom stereocenters. The van der Waals surface area contributed by atoms with E-state index >= 15 is 0 Å². The van der Waals surface area contributed by atoms with Gasteiger partial charge < -0.3 is 15.4 Å². The van der Waals surface area contributed by atoms with E-state index in [1.807, 2.05) is 0 Å². The highest BCUT2D eigenvalue weighted by Gasteiger charge is 2.15. The van der Waals surface area contributed by atoms with Crippen LogP contribution >= 0.6 is 0 Å². The lowest BCUT2D eigenvalue weighted by Crippen LogP contribution is -2.41. The number of H-pyrrole nitrogens is 1. The molecule has 3 N–H and O–H groups in total. The monoisotopic (exact) mass is 212 g/mol. The maximum atomic E-state index is 11.7. The molecule has 0 radical (unpaired) electrons. The summed E-state index contributed by atoms with van der Waals surface area (Å²) in [7, 11) is 3.27. The number of nitrogens with one attached hydrogen (secondary N) is 1. The second-order valence-corrected chi connectivity index (χ2v) is 3.37. The normalized spacial score (nSPS) is 12.5. The smallest absolute Gasteiger partial charge is 0.271 e. The molecule has 0 aliphatic heterocycles. The van der Waals surface area contributed by atoms with Gasteiger partial charge in [-0.25, -0.2) is 0 Å². The number of hydrogen-bond acceptors (Lipinski definition) is 4. The highest BCUT2D eigenvalue weighted by atomic mass is 16.5. The molecule has 6 heteroatoms. The van der Waals surface area contributed by atoms with E-state index < -0.39 is 0 Å². The van der Waals surface area contributed by atoms with Crippen LogP contribution in [0.4, 0.5) is 0 Å². The summed E-state index contributed by atoms with van der Waals surface area (Å²) in [6, 6.07) is 1.45. The minimum absolute atomic E-state index is 0.126. The topological polar surface area (TPSA) is 84.2 Å². The predicted octanol–water partition coefficient (Wildman–Crippen LogP) is -0.545. The third-order valence-corrected chi connectivity index (χ3v) is 1.97. The van der Waals surface area contributed by atoms with Gasteiger partial charge in [-0.15, -0.1) is 0 Å². The van der Waals surface area contributed by atoms with Gasteiger partial charge in [-0.1, -0.05) is 0 Å². The van der Waals surface area contributed by atoms with Crippen molar-refractivity contribution in [1.29, 1.82) is 0 Å². The number of aromatic amines is 1. The third kappa shape index (κ3) is 3.34.